The van der Waals surface area contributed by atoms with Crippen molar-refractivity contribution in [1.82, 2.24) is 10.3 Å². The largest absolute Gasteiger partial charge is 0.375 e. The van der Waals surface area contributed by atoms with E-state index < -0.39 is 0 Å². The molecule has 1 aromatic rings. The van der Waals surface area contributed by atoms with Crippen LogP contribution in [-0.4, -0.2) is 18.1 Å². The van der Waals surface area contributed by atoms with Gasteiger partial charge in [0.25, 0.3) is 0 Å². The molecule has 1 saturated heterocycles. The van der Waals surface area contributed by atoms with Gasteiger partial charge in [0.1, 0.15) is 0 Å². The van der Waals surface area contributed by atoms with E-state index in [2.05, 4.69) is 17.2 Å². The molecule has 2 heterocycles. The van der Waals surface area contributed by atoms with E-state index in [-0.39, 0.29) is 0 Å². The molecule has 66 valence electrons. The van der Waals surface area contributed by atoms with Crippen molar-refractivity contribution < 1.29 is 0 Å². The van der Waals surface area contributed by atoms with Crippen molar-refractivity contribution in [1.29, 1.82) is 0 Å². The van der Waals surface area contributed by atoms with Crippen LogP contribution in [0, 0.1) is 6.92 Å². The lowest BCUT2D eigenvalue weighted by atomic mass is 10.0. The Bertz CT molecular complexity index is 276. The Labute approximate surface area is 76.0 Å². The van der Waals surface area contributed by atoms with Crippen LogP contribution in [0.4, 0.5) is 5.13 Å². The average Bonchev–Trinajstić information content (AvgIpc) is 2.58. The minimum absolute atomic E-state index is 0.596. The maximum atomic E-state index is 5.63. The molecule has 1 aromatic heterocycles. The fourth-order valence-corrected chi connectivity index (χ4v) is 2.47. The molecule has 1 aliphatic rings. The summed E-state index contributed by atoms with van der Waals surface area (Å²) in [6.45, 7) is 4.27. The van der Waals surface area contributed by atoms with Crippen LogP contribution in [0.5, 0.6) is 0 Å². The lowest BCUT2D eigenvalue weighted by Crippen LogP contribution is -2.08. The lowest BCUT2D eigenvalue weighted by molar-refractivity contribution is 0.737. The number of aryl methyl sites for hydroxylation is 1. The summed E-state index contributed by atoms with van der Waals surface area (Å²) in [6, 6.07) is 0. The Morgan fingerprint density at radius 3 is 3.00 bits per heavy atom. The third kappa shape index (κ3) is 1.32. The average molecular weight is 183 g/mol. The number of nitrogen functional groups attached to an aromatic ring is 1. The molecule has 0 aliphatic carbocycles. The summed E-state index contributed by atoms with van der Waals surface area (Å²) < 4.78 is 0. The topological polar surface area (TPSA) is 50.9 Å². The number of thiazole rings is 1. The van der Waals surface area contributed by atoms with Gasteiger partial charge in [-0.1, -0.05) is 0 Å². The smallest absolute Gasteiger partial charge is 0.180 e. The van der Waals surface area contributed by atoms with E-state index in [4.69, 9.17) is 5.73 Å². The Morgan fingerprint density at radius 2 is 2.50 bits per heavy atom. The highest BCUT2D eigenvalue weighted by atomic mass is 32.1. The molecule has 1 aliphatic heterocycles. The first-order valence-corrected chi connectivity index (χ1v) is 5.02. The monoisotopic (exact) mass is 183 g/mol. The number of rotatable bonds is 1. The lowest BCUT2D eigenvalue weighted by Gasteiger charge is -2.04. The van der Waals surface area contributed by atoms with E-state index in [0.717, 1.165) is 13.1 Å². The normalized spacial score (nSPS) is 23.2. The first-order valence-electron chi connectivity index (χ1n) is 4.21. The minimum atomic E-state index is 0.596. The first kappa shape index (κ1) is 8.01. The number of nitrogens with two attached hydrogens (primary N) is 1. The zero-order valence-electron chi connectivity index (χ0n) is 7.13. The van der Waals surface area contributed by atoms with E-state index in [1.54, 1.807) is 11.3 Å². The third-order valence-corrected chi connectivity index (χ3v) is 3.11. The molecule has 3 N–H and O–H groups in total. The summed E-state index contributed by atoms with van der Waals surface area (Å²) in [5.74, 6) is 0.596. The van der Waals surface area contributed by atoms with Gasteiger partial charge in [0, 0.05) is 17.3 Å². The van der Waals surface area contributed by atoms with Gasteiger partial charge in [-0.2, -0.15) is 0 Å². The van der Waals surface area contributed by atoms with Gasteiger partial charge in [0.2, 0.25) is 0 Å². The standard InChI is InChI=1S/C8H13N3S/c1-5-7(11-8(9)12-5)6-2-3-10-4-6/h6,10H,2-4H2,1H3,(H2,9,11). The molecule has 0 spiro atoms. The number of aromatic nitrogens is 1. The number of anilines is 1. The maximum absolute atomic E-state index is 5.63. The first-order chi connectivity index (χ1) is 5.77. The van der Waals surface area contributed by atoms with Gasteiger partial charge in [-0.15, -0.1) is 11.3 Å². The second kappa shape index (κ2) is 3.03. The van der Waals surface area contributed by atoms with Crippen molar-refractivity contribution in [3.63, 3.8) is 0 Å². The highest BCUT2D eigenvalue weighted by Crippen LogP contribution is 2.29. The van der Waals surface area contributed by atoms with E-state index in [1.165, 1.54) is 17.0 Å². The summed E-state index contributed by atoms with van der Waals surface area (Å²) in [5.41, 5.74) is 6.84. The molecule has 0 aromatic carbocycles. The quantitative estimate of drug-likeness (QED) is 0.685. The van der Waals surface area contributed by atoms with Gasteiger partial charge in [0.05, 0.1) is 5.69 Å². The fraction of sp³-hybridized carbons (Fsp3) is 0.625. The van der Waals surface area contributed by atoms with Gasteiger partial charge < -0.3 is 11.1 Å². The van der Waals surface area contributed by atoms with Crippen molar-refractivity contribution in [3.05, 3.63) is 10.6 Å². The summed E-state index contributed by atoms with van der Waals surface area (Å²) >= 11 is 1.59. The fourth-order valence-electron chi connectivity index (χ4n) is 1.70. The molecule has 1 unspecified atom stereocenters. The number of nitrogens with one attached hydrogen (secondary N) is 1. The molecule has 3 nitrogen and oxygen atoms in total. The molecule has 0 saturated carbocycles. The number of hydrogen-bond acceptors (Lipinski definition) is 4. The van der Waals surface area contributed by atoms with Crippen LogP contribution < -0.4 is 11.1 Å². The van der Waals surface area contributed by atoms with Crippen LogP contribution >= 0.6 is 11.3 Å². The summed E-state index contributed by atoms with van der Waals surface area (Å²) in [6.07, 6.45) is 1.20. The van der Waals surface area contributed by atoms with Crippen molar-refractivity contribution in [2.24, 2.45) is 0 Å². The van der Waals surface area contributed by atoms with Crippen molar-refractivity contribution in [2.75, 3.05) is 18.8 Å². The zero-order valence-corrected chi connectivity index (χ0v) is 7.95. The molecular formula is C8H13N3S. The third-order valence-electron chi connectivity index (χ3n) is 2.30. The van der Waals surface area contributed by atoms with Gasteiger partial charge in [-0.25, -0.2) is 4.98 Å². The molecule has 2 rings (SSSR count). The van der Waals surface area contributed by atoms with E-state index in [9.17, 15) is 0 Å². The number of nitrogens with zero attached hydrogens (tertiary/aromatic N) is 1. The molecule has 1 fully saturated rings. The SMILES string of the molecule is Cc1sc(N)nc1C1CCNC1. The van der Waals surface area contributed by atoms with Gasteiger partial charge >= 0.3 is 0 Å². The highest BCUT2D eigenvalue weighted by Gasteiger charge is 2.21. The van der Waals surface area contributed by atoms with Crippen LogP contribution in [-0.2, 0) is 0 Å². The van der Waals surface area contributed by atoms with E-state index in [1.807, 2.05) is 0 Å². The van der Waals surface area contributed by atoms with Crippen LogP contribution in [0.2, 0.25) is 0 Å². The van der Waals surface area contributed by atoms with Gasteiger partial charge in [-0.3, -0.25) is 0 Å². The van der Waals surface area contributed by atoms with Crippen molar-refractivity contribution in [2.45, 2.75) is 19.3 Å². The summed E-state index contributed by atoms with van der Waals surface area (Å²) in [4.78, 5) is 5.63. The Balaban J connectivity index is 2.25. The predicted octanol–water partition coefficient (Wildman–Crippen LogP) is 1.11. The van der Waals surface area contributed by atoms with Crippen molar-refractivity contribution >= 4 is 16.5 Å². The molecular weight excluding hydrogens is 170 g/mol. The summed E-state index contributed by atoms with van der Waals surface area (Å²) in [7, 11) is 0. The Hall–Kier alpha value is -0.610. The van der Waals surface area contributed by atoms with E-state index in [0.29, 0.717) is 11.0 Å². The second-order valence-corrected chi connectivity index (χ2v) is 4.42. The Kier molecular flexibility index (Phi) is 2.02. The van der Waals surface area contributed by atoms with Crippen LogP contribution in [0.1, 0.15) is 22.9 Å². The van der Waals surface area contributed by atoms with Gasteiger partial charge in [0.15, 0.2) is 5.13 Å². The Morgan fingerprint density at radius 1 is 1.67 bits per heavy atom. The van der Waals surface area contributed by atoms with Crippen LogP contribution in [0.15, 0.2) is 0 Å². The van der Waals surface area contributed by atoms with E-state index >= 15 is 0 Å². The summed E-state index contributed by atoms with van der Waals surface area (Å²) in [5, 5.41) is 4.03. The maximum Gasteiger partial charge on any atom is 0.180 e. The zero-order chi connectivity index (χ0) is 8.55. The molecule has 4 heteroatoms. The molecule has 0 radical (unpaired) electrons. The van der Waals surface area contributed by atoms with Crippen LogP contribution in [0.25, 0.3) is 0 Å². The minimum Gasteiger partial charge on any atom is -0.375 e. The van der Waals surface area contributed by atoms with Gasteiger partial charge in [-0.05, 0) is 19.9 Å². The molecule has 1 atom stereocenters. The van der Waals surface area contributed by atoms with Crippen LogP contribution in [0.3, 0.4) is 0 Å². The van der Waals surface area contributed by atoms with Crippen molar-refractivity contribution in [3.8, 4) is 0 Å². The highest BCUT2D eigenvalue weighted by molar-refractivity contribution is 7.15. The predicted molar refractivity (Wildman–Crippen MR) is 51.5 cm³/mol. The molecule has 0 bridgehead atoms. The second-order valence-electron chi connectivity index (χ2n) is 3.18. The molecule has 12 heavy (non-hydrogen) atoms. The number of hydrogen-bond donors (Lipinski definition) is 2. The molecule has 0 amide bonds.